The summed E-state index contributed by atoms with van der Waals surface area (Å²) in [4.78, 5) is 36.9. The van der Waals surface area contributed by atoms with Gasteiger partial charge in [-0.05, 0) is 19.1 Å². The van der Waals surface area contributed by atoms with Crippen molar-refractivity contribution in [3.05, 3.63) is 42.4 Å². The first kappa shape index (κ1) is 17.0. The number of nitrogens with one attached hydrogen (secondary N) is 2. The third-order valence-corrected chi connectivity index (χ3v) is 4.26. The molecule has 9 nitrogen and oxygen atoms in total. The fourth-order valence-electron chi connectivity index (χ4n) is 3.00. The van der Waals surface area contributed by atoms with Gasteiger partial charge in [0.2, 0.25) is 11.9 Å². The normalized spacial score (nSPS) is 16.3. The van der Waals surface area contributed by atoms with Gasteiger partial charge in [-0.3, -0.25) is 9.36 Å². The van der Waals surface area contributed by atoms with Crippen molar-refractivity contribution in [1.29, 1.82) is 0 Å². The molecular formula is C18H18N6O3. The molecule has 1 saturated heterocycles. The first-order chi connectivity index (χ1) is 13.2. The largest absolute Gasteiger partial charge is 0.462 e. The van der Waals surface area contributed by atoms with Crippen LogP contribution in [0.25, 0.3) is 16.9 Å². The summed E-state index contributed by atoms with van der Waals surface area (Å²) >= 11 is 0. The number of rotatable bonds is 5. The average Bonchev–Trinajstić information content (AvgIpc) is 3.28. The summed E-state index contributed by atoms with van der Waals surface area (Å²) in [5.41, 5.74) is 1.84. The van der Waals surface area contributed by atoms with E-state index < -0.39 is 5.97 Å². The molecule has 0 saturated carbocycles. The van der Waals surface area contributed by atoms with Crippen LogP contribution in [0.15, 0.2) is 36.8 Å². The molecule has 1 aliphatic heterocycles. The van der Waals surface area contributed by atoms with Crippen LogP contribution in [0.4, 0.5) is 5.95 Å². The van der Waals surface area contributed by atoms with Crippen LogP contribution in [0, 0.1) is 0 Å². The molecule has 27 heavy (non-hydrogen) atoms. The molecule has 4 rings (SSSR count). The van der Waals surface area contributed by atoms with E-state index in [2.05, 4.69) is 25.6 Å². The zero-order chi connectivity index (χ0) is 18.8. The molecule has 0 bridgehead atoms. The summed E-state index contributed by atoms with van der Waals surface area (Å²) in [7, 11) is 0. The van der Waals surface area contributed by atoms with E-state index in [-0.39, 0.29) is 24.1 Å². The maximum absolute atomic E-state index is 12.4. The number of carbonyl (C=O) groups excluding carboxylic acids is 2. The van der Waals surface area contributed by atoms with Gasteiger partial charge in [-0.15, -0.1) is 0 Å². The van der Waals surface area contributed by atoms with E-state index in [1.54, 1.807) is 17.8 Å². The van der Waals surface area contributed by atoms with E-state index >= 15 is 0 Å². The second kappa shape index (κ2) is 7.02. The minimum absolute atomic E-state index is 0.0172. The molecule has 1 unspecified atom stereocenters. The van der Waals surface area contributed by atoms with Crippen molar-refractivity contribution >= 4 is 28.9 Å². The highest BCUT2D eigenvalue weighted by Gasteiger charge is 2.24. The minimum atomic E-state index is -0.505. The molecule has 3 heterocycles. The molecule has 3 aromatic rings. The van der Waals surface area contributed by atoms with Gasteiger partial charge in [-0.2, -0.15) is 4.98 Å². The zero-order valence-electron chi connectivity index (χ0n) is 14.7. The van der Waals surface area contributed by atoms with E-state index in [0.717, 1.165) is 11.0 Å². The van der Waals surface area contributed by atoms with Crippen LogP contribution in [0.1, 0.15) is 23.7 Å². The molecule has 2 aromatic heterocycles. The van der Waals surface area contributed by atoms with E-state index in [9.17, 15) is 9.59 Å². The highest BCUT2D eigenvalue weighted by atomic mass is 16.5. The van der Waals surface area contributed by atoms with Crippen LogP contribution in [-0.4, -0.2) is 50.6 Å². The smallest absolute Gasteiger partial charge is 0.343 e. The van der Waals surface area contributed by atoms with Crippen LogP contribution in [0.2, 0.25) is 0 Å². The molecule has 1 atom stereocenters. The van der Waals surface area contributed by atoms with Gasteiger partial charge >= 0.3 is 5.97 Å². The first-order valence-electron chi connectivity index (χ1n) is 8.65. The number of amides is 1. The number of imidazole rings is 1. The minimum Gasteiger partial charge on any atom is -0.462 e. The third kappa shape index (κ3) is 3.31. The number of aromatic nitrogens is 4. The molecule has 1 aromatic carbocycles. The Labute approximate surface area is 154 Å². The summed E-state index contributed by atoms with van der Waals surface area (Å²) in [6.07, 6.45) is 3.40. The molecule has 1 amide bonds. The van der Waals surface area contributed by atoms with Crippen LogP contribution in [0.3, 0.4) is 0 Å². The van der Waals surface area contributed by atoms with E-state index in [4.69, 9.17) is 4.74 Å². The molecule has 1 fully saturated rings. The Hall–Kier alpha value is -3.49. The van der Waals surface area contributed by atoms with E-state index in [1.165, 1.54) is 6.20 Å². The maximum Gasteiger partial charge on any atom is 0.343 e. The quantitative estimate of drug-likeness (QED) is 0.655. The number of hydrogen-bond donors (Lipinski definition) is 2. The van der Waals surface area contributed by atoms with Gasteiger partial charge in [0.15, 0.2) is 5.82 Å². The summed E-state index contributed by atoms with van der Waals surface area (Å²) in [6, 6.07) is 7.46. The lowest BCUT2D eigenvalue weighted by Gasteiger charge is -2.14. The number of ether oxygens (including phenoxy) is 1. The highest BCUT2D eigenvalue weighted by Crippen LogP contribution is 2.21. The molecule has 138 valence electrons. The SMILES string of the molecule is CCOC(=O)c1cnc(NC2CNC(=O)C2)nc1-n1cnc2ccccc21. The summed E-state index contributed by atoms with van der Waals surface area (Å²) in [6.45, 7) is 2.50. The Bertz CT molecular complexity index is 1020. The van der Waals surface area contributed by atoms with Crippen LogP contribution in [0.5, 0.6) is 0 Å². The lowest BCUT2D eigenvalue weighted by atomic mass is 10.2. The third-order valence-electron chi connectivity index (χ3n) is 4.26. The van der Waals surface area contributed by atoms with Crippen molar-refractivity contribution in [3.8, 4) is 5.82 Å². The topological polar surface area (TPSA) is 111 Å². The Kier molecular flexibility index (Phi) is 4.41. The summed E-state index contributed by atoms with van der Waals surface area (Å²) < 4.78 is 6.87. The highest BCUT2D eigenvalue weighted by molar-refractivity contribution is 5.93. The number of anilines is 1. The van der Waals surface area contributed by atoms with Crippen LogP contribution < -0.4 is 10.6 Å². The summed E-state index contributed by atoms with van der Waals surface area (Å²) in [5, 5.41) is 5.88. The number of para-hydroxylation sites is 2. The molecule has 9 heteroatoms. The van der Waals surface area contributed by atoms with Crippen molar-refractivity contribution in [2.45, 2.75) is 19.4 Å². The summed E-state index contributed by atoms with van der Waals surface area (Å²) in [5.74, 6) is 0.181. The van der Waals surface area contributed by atoms with Crippen molar-refractivity contribution < 1.29 is 14.3 Å². The number of nitrogens with zero attached hydrogens (tertiary/aromatic N) is 4. The predicted octanol–water partition coefficient (Wildman–Crippen LogP) is 1.29. The first-order valence-corrected chi connectivity index (χ1v) is 8.65. The molecule has 0 radical (unpaired) electrons. The average molecular weight is 366 g/mol. The standard InChI is InChI=1S/C18H18N6O3/c1-2-27-17(26)12-9-20-18(22-11-7-15(25)19-8-11)23-16(12)24-10-21-13-5-3-4-6-14(13)24/h3-6,9-11H,2,7-8H2,1H3,(H,19,25)(H,20,22,23). The maximum atomic E-state index is 12.4. The molecule has 0 spiro atoms. The number of hydrogen-bond acceptors (Lipinski definition) is 7. The molecular weight excluding hydrogens is 348 g/mol. The van der Waals surface area contributed by atoms with Crippen LogP contribution >= 0.6 is 0 Å². The zero-order valence-corrected chi connectivity index (χ0v) is 14.7. The van der Waals surface area contributed by atoms with Gasteiger partial charge in [0.1, 0.15) is 11.9 Å². The van der Waals surface area contributed by atoms with Gasteiger partial charge in [0.25, 0.3) is 0 Å². The van der Waals surface area contributed by atoms with Gasteiger partial charge in [0.05, 0.1) is 23.7 Å². The number of fused-ring (bicyclic) bond motifs is 1. The number of benzene rings is 1. The molecule has 2 N–H and O–H groups in total. The number of esters is 1. The fraction of sp³-hybridized carbons (Fsp3) is 0.278. The van der Waals surface area contributed by atoms with Gasteiger partial charge in [0, 0.05) is 19.2 Å². The second-order valence-electron chi connectivity index (χ2n) is 6.10. The van der Waals surface area contributed by atoms with Gasteiger partial charge in [-0.25, -0.2) is 14.8 Å². The second-order valence-corrected chi connectivity index (χ2v) is 6.10. The van der Waals surface area contributed by atoms with Crippen molar-refractivity contribution in [2.75, 3.05) is 18.5 Å². The lowest BCUT2D eigenvalue weighted by molar-refractivity contribution is -0.119. The lowest BCUT2D eigenvalue weighted by Crippen LogP contribution is -2.24. The van der Waals surface area contributed by atoms with Crippen LogP contribution in [-0.2, 0) is 9.53 Å². The Morgan fingerprint density at radius 2 is 2.22 bits per heavy atom. The molecule has 1 aliphatic rings. The molecule has 0 aliphatic carbocycles. The predicted molar refractivity (Wildman–Crippen MR) is 97.7 cm³/mol. The van der Waals surface area contributed by atoms with Crippen molar-refractivity contribution in [1.82, 2.24) is 24.8 Å². The Morgan fingerprint density at radius 3 is 3.00 bits per heavy atom. The Morgan fingerprint density at radius 1 is 1.37 bits per heavy atom. The van der Waals surface area contributed by atoms with E-state index in [1.807, 2.05) is 24.3 Å². The fourth-order valence-corrected chi connectivity index (χ4v) is 3.00. The van der Waals surface area contributed by atoms with Gasteiger partial charge in [-0.1, -0.05) is 12.1 Å². The van der Waals surface area contributed by atoms with E-state index in [0.29, 0.717) is 24.7 Å². The number of carbonyl (C=O) groups is 2. The van der Waals surface area contributed by atoms with Crippen molar-refractivity contribution in [3.63, 3.8) is 0 Å². The monoisotopic (exact) mass is 366 g/mol. The van der Waals surface area contributed by atoms with Crippen molar-refractivity contribution in [2.24, 2.45) is 0 Å². The Balaban J connectivity index is 1.77. The van der Waals surface area contributed by atoms with Gasteiger partial charge < -0.3 is 15.4 Å².